The van der Waals surface area contributed by atoms with Gasteiger partial charge in [0, 0.05) is 31.4 Å². The van der Waals surface area contributed by atoms with Crippen molar-refractivity contribution < 1.29 is 24.2 Å². The predicted molar refractivity (Wildman–Crippen MR) is 130 cm³/mol. The normalized spacial score (nSPS) is 32.9. The van der Waals surface area contributed by atoms with Crippen LogP contribution < -0.4 is 4.90 Å². The fraction of sp³-hybridized carbons (Fsp3) is 0.519. The second-order valence-corrected chi connectivity index (χ2v) is 9.84. The third-order valence-electron chi connectivity index (χ3n) is 7.84. The molecule has 0 radical (unpaired) electrons. The number of ether oxygens (including phenoxy) is 1. The number of likely N-dealkylation sites (tertiary alicyclic amines) is 1. The first kappa shape index (κ1) is 23.8. The number of hydrogen-bond acceptors (Lipinski definition) is 5. The van der Waals surface area contributed by atoms with Crippen LogP contribution >= 0.6 is 0 Å². The van der Waals surface area contributed by atoms with E-state index in [4.69, 9.17) is 4.74 Å². The molecular weight excluding hydrogens is 446 g/mol. The second-order valence-electron chi connectivity index (χ2n) is 9.84. The topological polar surface area (TPSA) is 90.4 Å². The van der Waals surface area contributed by atoms with Crippen LogP contribution in [-0.4, -0.2) is 82.7 Å². The Kier molecular flexibility index (Phi) is 6.27. The minimum absolute atomic E-state index is 0.000547. The van der Waals surface area contributed by atoms with Crippen LogP contribution in [0.2, 0.25) is 0 Å². The van der Waals surface area contributed by atoms with E-state index in [0.29, 0.717) is 13.1 Å². The lowest BCUT2D eigenvalue weighted by molar-refractivity contribution is -0.148. The molecule has 0 saturated carbocycles. The number of fused-ring (bicyclic) bond motifs is 2. The van der Waals surface area contributed by atoms with E-state index < -0.39 is 29.6 Å². The number of carbonyl (C=O) groups excluding carboxylic acids is 3. The maximum Gasteiger partial charge on any atom is 0.249 e. The molecule has 1 aromatic rings. The number of benzene rings is 1. The highest BCUT2D eigenvalue weighted by Crippen LogP contribution is 2.53. The van der Waals surface area contributed by atoms with Gasteiger partial charge in [-0.3, -0.25) is 14.4 Å². The van der Waals surface area contributed by atoms with Gasteiger partial charge in [0.2, 0.25) is 17.7 Å². The molecule has 186 valence electrons. The summed E-state index contributed by atoms with van der Waals surface area (Å²) in [5, 5.41) is 9.77. The van der Waals surface area contributed by atoms with Gasteiger partial charge in [0.05, 0.1) is 24.5 Å². The van der Waals surface area contributed by atoms with Gasteiger partial charge in [-0.1, -0.05) is 55.8 Å². The quantitative estimate of drug-likeness (QED) is 0.628. The van der Waals surface area contributed by atoms with Gasteiger partial charge < -0.3 is 24.5 Å². The van der Waals surface area contributed by atoms with Crippen LogP contribution in [0.3, 0.4) is 0 Å². The summed E-state index contributed by atoms with van der Waals surface area (Å²) >= 11 is 0. The minimum atomic E-state index is -1.25. The van der Waals surface area contributed by atoms with Crippen molar-refractivity contribution in [1.29, 1.82) is 0 Å². The standard InChI is InChI=1S/C27H33N3O5/c1-3-9-18(2)28-15-8-13-27-22(25(33)30(16-17-31)23(27)26(28)34)21-20(35-27)12-7-14-29(24(21)32)19-10-5-4-6-11-19/h4-8,10-13,18,20-23,31H,3,9,14-17H2,1-2H3/t18?,20-,21+,22-,23?,27-/m0/s1. The number of anilines is 1. The summed E-state index contributed by atoms with van der Waals surface area (Å²) in [4.78, 5) is 46.7. The highest BCUT2D eigenvalue weighted by molar-refractivity contribution is 6.03. The SMILES string of the molecule is CCCC(C)N1CC=C[C@]23O[C@H]4C=CCN(c5ccccc5)C(=O)[C@H]4[C@H]2C(=O)N(CCO)C3C1=O. The van der Waals surface area contributed by atoms with Crippen LogP contribution in [0.5, 0.6) is 0 Å². The smallest absolute Gasteiger partial charge is 0.249 e. The fourth-order valence-electron chi connectivity index (χ4n) is 6.31. The molecule has 2 fully saturated rings. The molecule has 35 heavy (non-hydrogen) atoms. The molecule has 1 spiro atoms. The van der Waals surface area contributed by atoms with E-state index in [0.717, 1.165) is 18.5 Å². The van der Waals surface area contributed by atoms with Gasteiger partial charge in [-0.2, -0.15) is 0 Å². The van der Waals surface area contributed by atoms with Crippen molar-refractivity contribution in [2.45, 2.75) is 50.5 Å². The van der Waals surface area contributed by atoms with Gasteiger partial charge in [0.1, 0.15) is 11.6 Å². The van der Waals surface area contributed by atoms with E-state index >= 15 is 0 Å². The molecule has 0 aromatic heterocycles. The summed E-state index contributed by atoms with van der Waals surface area (Å²) in [6.07, 6.45) is 8.67. The molecule has 0 bridgehead atoms. The summed E-state index contributed by atoms with van der Waals surface area (Å²) < 4.78 is 6.59. The summed E-state index contributed by atoms with van der Waals surface area (Å²) in [6.45, 7) is 4.64. The van der Waals surface area contributed by atoms with Crippen LogP contribution in [0, 0.1) is 11.8 Å². The second kappa shape index (κ2) is 9.24. The molecular formula is C27H33N3O5. The zero-order chi connectivity index (χ0) is 24.7. The molecule has 8 heteroatoms. The third-order valence-corrected chi connectivity index (χ3v) is 7.84. The number of aliphatic hydroxyl groups is 1. The number of amides is 3. The van der Waals surface area contributed by atoms with E-state index in [2.05, 4.69) is 6.92 Å². The summed E-state index contributed by atoms with van der Waals surface area (Å²) in [5.74, 6) is -2.28. The molecule has 3 amide bonds. The Labute approximate surface area is 205 Å². The maximum atomic E-state index is 14.0. The summed E-state index contributed by atoms with van der Waals surface area (Å²) in [5.41, 5.74) is -0.496. The number of rotatable bonds is 6. The Morgan fingerprint density at radius 1 is 1.09 bits per heavy atom. The first-order valence-electron chi connectivity index (χ1n) is 12.5. The number of β-amino-alcohol motifs (C(OH)–C–C–N with tert-alkyl or cyclic N) is 1. The lowest BCUT2D eigenvalue weighted by atomic mass is 9.77. The van der Waals surface area contributed by atoms with Gasteiger partial charge >= 0.3 is 0 Å². The monoisotopic (exact) mass is 479 g/mol. The highest BCUT2D eigenvalue weighted by Gasteiger charge is 2.71. The third kappa shape index (κ3) is 3.62. The highest BCUT2D eigenvalue weighted by atomic mass is 16.5. The summed E-state index contributed by atoms with van der Waals surface area (Å²) in [7, 11) is 0. The fourth-order valence-corrected chi connectivity index (χ4v) is 6.31. The van der Waals surface area contributed by atoms with Crippen LogP contribution in [0.25, 0.3) is 0 Å². The number of hydrogen-bond donors (Lipinski definition) is 1. The Morgan fingerprint density at radius 2 is 1.86 bits per heavy atom. The van der Waals surface area contributed by atoms with Crippen molar-refractivity contribution in [3.63, 3.8) is 0 Å². The molecule has 4 heterocycles. The van der Waals surface area contributed by atoms with E-state index in [9.17, 15) is 19.5 Å². The molecule has 4 aliphatic rings. The molecule has 0 aliphatic carbocycles. The molecule has 5 rings (SSSR count). The van der Waals surface area contributed by atoms with Gasteiger partial charge in [-0.25, -0.2) is 0 Å². The maximum absolute atomic E-state index is 14.0. The van der Waals surface area contributed by atoms with Crippen molar-refractivity contribution in [1.82, 2.24) is 9.80 Å². The van der Waals surface area contributed by atoms with Gasteiger partial charge in [-0.15, -0.1) is 0 Å². The Balaban J connectivity index is 1.58. The van der Waals surface area contributed by atoms with Crippen molar-refractivity contribution in [3.05, 3.63) is 54.6 Å². The van der Waals surface area contributed by atoms with Crippen LogP contribution in [0.15, 0.2) is 54.6 Å². The molecule has 2 saturated heterocycles. The Hall–Kier alpha value is -2.97. The number of aliphatic hydroxyl groups excluding tert-OH is 1. The van der Waals surface area contributed by atoms with E-state index in [1.54, 1.807) is 9.80 Å². The van der Waals surface area contributed by atoms with E-state index in [1.165, 1.54) is 4.90 Å². The molecule has 2 unspecified atom stereocenters. The summed E-state index contributed by atoms with van der Waals surface area (Å²) in [6, 6.07) is 8.47. The Bertz CT molecular complexity index is 1060. The van der Waals surface area contributed by atoms with Gasteiger partial charge in [0.15, 0.2) is 0 Å². The lowest BCUT2D eigenvalue weighted by Gasteiger charge is -2.37. The van der Waals surface area contributed by atoms with E-state index in [-0.39, 0.29) is 36.9 Å². The van der Waals surface area contributed by atoms with Crippen molar-refractivity contribution >= 4 is 23.4 Å². The number of carbonyl (C=O) groups is 3. The number of nitrogens with zero attached hydrogens (tertiary/aromatic N) is 3. The van der Waals surface area contributed by atoms with Gasteiger partial charge in [0.25, 0.3) is 0 Å². The zero-order valence-corrected chi connectivity index (χ0v) is 20.2. The first-order valence-corrected chi connectivity index (χ1v) is 12.5. The molecule has 1 aromatic carbocycles. The number of para-hydroxylation sites is 1. The zero-order valence-electron chi connectivity index (χ0n) is 20.2. The van der Waals surface area contributed by atoms with Crippen LogP contribution in [-0.2, 0) is 19.1 Å². The largest absolute Gasteiger partial charge is 0.395 e. The van der Waals surface area contributed by atoms with Crippen molar-refractivity contribution in [2.75, 3.05) is 31.1 Å². The minimum Gasteiger partial charge on any atom is -0.395 e. The van der Waals surface area contributed by atoms with E-state index in [1.807, 2.05) is 61.6 Å². The van der Waals surface area contributed by atoms with Crippen molar-refractivity contribution in [3.8, 4) is 0 Å². The molecule has 6 atom stereocenters. The van der Waals surface area contributed by atoms with Crippen LogP contribution in [0.4, 0.5) is 5.69 Å². The van der Waals surface area contributed by atoms with Gasteiger partial charge in [-0.05, 0) is 25.5 Å². The molecule has 4 aliphatic heterocycles. The predicted octanol–water partition coefficient (Wildman–Crippen LogP) is 1.75. The van der Waals surface area contributed by atoms with Crippen LogP contribution in [0.1, 0.15) is 26.7 Å². The average molecular weight is 480 g/mol. The average Bonchev–Trinajstić information content (AvgIpc) is 3.15. The van der Waals surface area contributed by atoms with Crippen molar-refractivity contribution in [2.24, 2.45) is 11.8 Å². The lowest BCUT2D eigenvalue weighted by Crippen LogP contribution is -2.57. The molecule has 8 nitrogen and oxygen atoms in total. The molecule has 1 N–H and O–H groups in total. The first-order chi connectivity index (χ1) is 16.9. The Morgan fingerprint density at radius 3 is 2.57 bits per heavy atom.